The van der Waals surface area contributed by atoms with Crippen LogP contribution in [0, 0.1) is 5.92 Å². The first-order chi connectivity index (χ1) is 13.0. The Balaban J connectivity index is 1.99. The third-order valence-corrected chi connectivity index (χ3v) is 4.70. The molecule has 0 radical (unpaired) electrons. The lowest BCUT2D eigenvalue weighted by Gasteiger charge is -2.21. The van der Waals surface area contributed by atoms with E-state index < -0.39 is 0 Å². The largest absolute Gasteiger partial charge is 0.493 e. The van der Waals surface area contributed by atoms with Gasteiger partial charge in [-0.2, -0.15) is 0 Å². The molecule has 0 spiro atoms. The molecule has 5 nitrogen and oxygen atoms in total. The van der Waals surface area contributed by atoms with Gasteiger partial charge in [0, 0.05) is 30.4 Å². The Morgan fingerprint density at radius 2 is 1.63 bits per heavy atom. The van der Waals surface area contributed by atoms with Gasteiger partial charge in [-0.05, 0) is 62.2 Å². The normalized spacial score (nSPS) is 11.6. The van der Waals surface area contributed by atoms with Gasteiger partial charge in [0.2, 0.25) is 5.91 Å². The molecule has 0 saturated heterocycles. The number of nitrogens with one attached hydrogen (secondary N) is 1. The first-order valence-corrected chi connectivity index (χ1v) is 9.39. The molecule has 5 heteroatoms. The summed E-state index contributed by atoms with van der Waals surface area (Å²) in [5.74, 6) is 1.20. The van der Waals surface area contributed by atoms with Crippen molar-refractivity contribution in [2.75, 3.05) is 37.5 Å². The van der Waals surface area contributed by atoms with Gasteiger partial charge in [0.1, 0.15) is 0 Å². The lowest BCUT2D eigenvalue weighted by Crippen LogP contribution is -2.23. The van der Waals surface area contributed by atoms with Crippen molar-refractivity contribution >= 4 is 17.3 Å². The molecule has 1 unspecified atom stereocenters. The molecule has 1 amide bonds. The van der Waals surface area contributed by atoms with E-state index in [1.165, 1.54) is 0 Å². The van der Waals surface area contributed by atoms with Crippen molar-refractivity contribution in [2.45, 2.75) is 27.2 Å². The maximum absolute atomic E-state index is 12.5. The van der Waals surface area contributed by atoms with Crippen molar-refractivity contribution in [2.24, 2.45) is 5.92 Å². The van der Waals surface area contributed by atoms with Gasteiger partial charge in [0.05, 0.1) is 14.2 Å². The molecular formula is C22H30N2O3. The van der Waals surface area contributed by atoms with Crippen LogP contribution in [0.1, 0.15) is 26.3 Å². The highest BCUT2D eigenvalue weighted by molar-refractivity contribution is 5.92. The highest BCUT2D eigenvalue weighted by Crippen LogP contribution is 2.28. The predicted octanol–water partition coefficient (Wildman–Crippen LogP) is 4.37. The van der Waals surface area contributed by atoms with Crippen LogP contribution in [0.15, 0.2) is 42.5 Å². The van der Waals surface area contributed by atoms with Crippen LogP contribution in [0.5, 0.6) is 11.5 Å². The number of anilines is 2. The summed E-state index contributed by atoms with van der Waals surface area (Å²) < 4.78 is 10.6. The summed E-state index contributed by atoms with van der Waals surface area (Å²) in [7, 11) is 3.22. The van der Waals surface area contributed by atoms with Crippen LogP contribution >= 0.6 is 0 Å². The molecule has 2 rings (SSSR count). The van der Waals surface area contributed by atoms with E-state index in [4.69, 9.17) is 9.47 Å². The molecular weight excluding hydrogens is 340 g/mol. The average molecular weight is 370 g/mol. The van der Waals surface area contributed by atoms with Crippen molar-refractivity contribution in [1.82, 2.24) is 0 Å². The second kappa shape index (κ2) is 9.86. The first-order valence-electron chi connectivity index (χ1n) is 9.39. The maximum atomic E-state index is 12.5. The number of benzene rings is 2. The van der Waals surface area contributed by atoms with Crippen molar-refractivity contribution in [1.29, 1.82) is 0 Å². The number of rotatable bonds is 9. The molecule has 0 heterocycles. The Kier molecular flexibility index (Phi) is 7.53. The van der Waals surface area contributed by atoms with Crippen molar-refractivity contribution in [3.05, 3.63) is 48.0 Å². The fourth-order valence-electron chi connectivity index (χ4n) is 3.06. The average Bonchev–Trinajstić information content (AvgIpc) is 2.69. The van der Waals surface area contributed by atoms with Crippen LogP contribution in [0.4, 0.5) is 11.4 Å². The second-order valence-corrected chi connectivity index (χ2v) is 6.50. The van der Waals surface area contributed by atoms with Crippen molar-refractivity contribution in [3.8, 4) is 11.5 Å². The molecule has 0 fully saturated rings. The zero-order chi connectivity index (χ0) is 19.8. The van der Waals surface area contributed by atoms with Gasteiger partial charge in [-0.1, -0.05) is 13.0 Å². The van der Waals surface area contributed by atoms with Crippen LogP contribution in [0.25, 0.3) is 0 Å². The van der Waals surface area contributed by atoms with Gasteiger partial charge in [-0.25, -0.2) is 0 Å². The molecule has 0 bridgehead atoms. The number of carbonyl (C=O) groups excluding carboxylic acids is 1. The molecule has 0 saturated carbocycles. The molecule has 2 aromatic carbocycles. The highest BCUT2D eigenvalue weighted by atomic mass is 16.5. The fourth-order valence-corrected chi connectivity index (χ4v) is 3.06. The number of hydrogen-bond donors (Lipinski definition) is 1. The van der Waals surface area contributed by atoms with E-state index in [0.717, 1.165) is 30.0 Å². The minimum atomic E-state index is -0.162. The van der Waals surface area contributed by atoms with Gasteiger partial charge in [0.25, 0.3) is 0 Å². The minimum Gasteiger partial charge on any atom is -0.493 e. The first kappa shape index (κ1) is 20.6. The molecule has 1 N–H and O–H groups in total. The summed E-state index contributed by atoms with van der Waals surface area (Å²) >= 11 is 0. The summed E-state index contributed by atoms with van der Waals surface area (Å²) in [5.41, 5.74) is 3.01. The van der Waals surface area contributed by atoms with Crippen molar-refractivity contribution in [3.63, 3.8) is 0 Å². The molecule has 0 aromatic heterocycles. The van der Waals surface area contributed by atoms with Gasteiger partial charge in [-0.3, -0.25) is 4.79 Å². The number of carbonyl (C=O) groups is 1. The monoisotopic (exact) mass is 370 g/mol. The Morgan fingerprint density at radius 1 is 1.00 bits per heavy atom. The minimum absolute atomic E-state index is 0.000346. The van der Waals surface area contributed by atoms with E-state index in [-0.39, 0.29) is 11.8 Å². The lowest BCUT2D eigenvalue weighted by molar-refractivity contribution is -0.119. The fraction of sp³-hybridized carbons (Fsp3) is 0.409. The molecule has 0 aliphatic heterocycles. The van der Waals surface area contributed by atoms with E-state index in [9.17, 15) is 4.79 Å². The summed E-state index contributed by atoms with van der Waals surface area (Å²) in [6, 6.07) is 13.7. The topological polar surface area (TPSA) is 50.8 Å². The number of amides is 1. The highest BCUT2D eigenvalue weighted by Gasteiger charge is 2.15. The molecule has 0 aliphatic carbocycles. The Hall–Kier alpha value is -2.69. The lowest BCUT2D eigenvalue weighted by atomic mass is 10.00. The van der Waals surface area contributed by atoms with Crippen LogP contribution in [-0.2, 0) is 11.2 Å². The second-order valence-electron chi connectivity index (χ2n) is 6.50. The Bertz CT molecular complexity index is 740. The zero-order valence-electron chi connectivity index (χ0n) is 16.9. The molecule has 0 aliphatic rings. The summed E-state index contributed by atoms with van der Waals surface area (Å²) in [6.07, 6.45) is 0.629. The SMILES string of the molecule is CCN(CC)c1ccc(NC(=O)C(C)Cc2ccc(OC)c(OC)c2)cc1. The van der Waals surface area contributed by atoms with Crippen molar-refractivity contribution < 1.29 is 14.3 Å². The van der Waals surface area contributed by atoms with E-state index in [2.05, 4.69) is 24.1 Å². The van der Waals surface area contributed by atoms with E-state index in [1.807, 2.05) is 49.4 Å². The third-order valence-electron chi connectivity index (χ3n) is 4.70. The summed E-state index contributed by atoms with van der Waals surface area (Å²) in [6.45, 7) is 8.12. The number of nitrogens with zero attached hydrogens (tertiary/aromatic N) is 1. The molecule has 27 heavy (non-hydrogen) atoms. The Morgan fingerprint density at radius 3 is 2.19 bits per heavy atom. The van der Waals surface area contributed by atoms with E-state index >= 15 is 0 Å². The number of hydrogen-bond acceptors (Lipinski definition) is 4. The van der Waals surface area contributed by atoms with Gasteiger partial charge in [0.15, 0.2) is 11.5 Å². The quantitative estimate of drug-likeness (QED) is 0.712. The standard InChI is InChI=1S/C22H30N2O3/c1-6-24(7-2)19-11-9-18(10-12-19)23-22(25)16(3)14-17-8-13-20(26-4)21(15-17)27-5/h8-13,15-16H,6-7,14H2,1-5H3,(H,23,25). The maximum Gasteiger partial charge on any atom is 0.227 e. The number of methoxy groups -OCH3 is 2. The van der Waals surface area contributed by atoms with Crippen LogP contribution in [0.2, 0.25) is 0 Å². The van der Waals surface area contributed by atoms with Gasteiger partial charge < -0.3 is 19.7 Å². The van der Waals surface area contributed by atoms with E-state index in [0.29, 0.717) is 17.9 Å². The van der Waals surface area contributed by atoms with Gasteiger partial charge >= 0.3 is 0 Å². The number of ether oxygens (including phenoxy) is 2. The smallest absolute Gasteiger partial charge is 0.227 e. The molecule has 1 atom stereocenters. The summed E-state index contributed by atoms with van der Waals surface area (Å²) in [5, 5.41) is 3.00. The summed E-state index contributed by atoms with van der Waals surface area (Å²) in [4.78, 5) is 14.8. The Labute approximate surface area is 162 Å². The zero-order valence-corrected chi connectivity index (χ0v) is 16.9. The van der Waals surface area contributed by atoms with Crippen LogP contribution in [0.3, 0.4) is 0 Å². The third kappa shape index (κ3) is 5.39. The van der Waals surface area contributed by atoms with Gasteiger partial charge in [-0.15, -0.1) is 0 Å². The van der Waals surface area contributed by atoms with Crippen LogP contribution < -0.4 is 19.7 Å². The molecule has 2 aromatic rings. The molecule has 146 valence electrons. The van der Waals surface area contributed by atoms with E-state index in [1.54, 1.807) is 14.2 Å². The van der Waals surface area contributed by atoms with Crippen LogP contribution in [-0.4, -0.2) is 33.2 Å². The predicted molar refractivity (Wildman–Crippen MR) is 111 cm³/mol.